The quantitative estimate of drug-likeness (QED) is 0.205. The third-order valence-electron chi connectivity index (χ3n) is 8.99. The van der Waals surface area contributed by atoms with Crippen molar-refractivity contribution in [3.63, 3.8) is 0 Å². The molecular formula is C37H25NS. The molecular weight excluding hydrogens is 490 g/mol. The highest BCUT2D eigenvalue weighted by molar-refractivity contribution is 7.25. The Labute approximate surface area is 230 Å². The lowest BCUT2D eigenvalue weighted by atomic mass is 9.82. The highest BCUT2D eigenvalue weighted by Crippen LogP contribution is 2.52. The van der Waals surface area contributed by atoms with E-state index in [1.165, 1.54) is 80.7 Å². The summed E-state index contributed by atoms with van der Waals surface area (Å²) < 4.78 is 5.17. The van der Waals surface area contributed by atoms with E-state index in [4.69, 9.17) is 0 Å². The number of fused-ring (bicyclic) bond motifs is 12. The number of hydrogen-bond donors (Lipinski definition) is 0. The van der Waals surface area contributed by atoms with Gasteiger partial charge < -0.3 is 4.57 Å². The molecule has 2 heterocycles. The van der Waals surface area contributed by atoms with Gasteiger partial charge in [0, 0.05) is 47.4 Å². The SMILES string of the molecule is CC1(C)c2ccccc2-c2c1ccc1c2ccc2c3ccccc3n(-c3ccc4sc5ccccc5c4c3)c12. The van der Waals surface area contributed by atoms with E-state index in [1.807, 2.05) is 11.3 Å². The Morgan fingerprint density at radius 3 is 2.15 bits per heavy atom. The van der Waals surface area contributed by atoms with Crippen LogP contribution in [0.25, 0.3) is 69.6 Å². The maximum atomic E-state index is 2.50. The molecule has 0 N–H and O–H groups in total. The molecule has 2 heteroatoms. The molecule has 0 spiro atoms. The van der Waals surface area contributed by atoms with Gasteiger partial charge in [-0.1, -0.05) is 98.8 Å². The van der Waals surface area contributed by atoms with Crippen molar-refractivity contribution in [2.45, 2.75) is 19.3 Å². The third-order valence-corrected chi connectivity index (χ3v) is 10.1. The maximum absolute atomic E-state index is 2.50. The topological polar surface area (TPSA) is 4.93 Å². The number of hydrogen-bond acceptors (Lipinski definition) is 1. The zero-order chi connectivity index (χ0) is 25.9. The molecule has 0 radical (unpaired) electrons. The second-order valence-electron chi connectivity index (χ2n) is 11.3. The van der Waals surface area contributed by atoms with Crippen LogP contribution in [0.1, 0.15) is 25.0 Å². The molecule has 2 aromatic heterocycles. The monoisotopic (exact) mass is 515 g/mol. The van der Waals surface area contributed by atoms with Crippen molar-refractivity contribution in [2.24, 2.45) is 0 Å². The number of aromatic nitrogens is 1. The van der Waals surface area contributed by atoms with E-state index < -0.39 is 0 Å². The predicted molar refractivity (Wildman–Crippen MR) is 169 cm³/mol. The summed E-state index contributed by atoms with van der Waals surface area (Å²) in [5, 5.41) is 7.91. The third kappa shape index (κ3) is 2.69. The molecule has 0 saturated heterocycles. The Hall–Kier alpha value is -4.40. The number of benzene rings is 6. The summed E-state index contributed by atoms with van der Waals surface area (Å²) in [6.45, 7) is 4.72. The van der Waals surface area contributed by atoms with Crippen LogP contribution in [0, 0.1) is 0 Å². The van der Waals surface area contributed by atoms with Crippen molar-refractivity contribution in [3.8, 4) is 16.8 Å². The van der Waals surface area contributed by atoms with Crippen LogP contribution in [-0.2, 0) is 5.41 Å². The van der Waals surface area contributed by atoms with Crippen LogP contribution in [0.4, 0.5) is 0 Å². The lowest BCUT2D eigenvalue weighted by molar-refractivity contribution is 0.661. The molecule has 0 bridgehead atoms. The van der Waals surface area contributed by atoms with E-state index in [9.17, 15) is 0 Å². The molecule has 39 heavy (non-hydrogen) atoms. The van der Waals surface area contributed by atoms with Crippen LogP contribution in [0.5, 0.6) is 0 Å². The summed E-state index contributed by atoms with van der Waals surface area (Å²) >= 11 is 1.87. The first-order valence-corrected chi connectivity index (χ1v) is 14.4. The molecule has 0 fully saturated rings. The van der Waals surface area contributed by atoms with Gasteiger partial charge in [-0.2, -0.15) is 0 Å². The molecule has 184 valence electrons. The summed E-state index contributed by atoms with van der Waals surface area (Å²) in [5.41, 5.74) is 9.35. The van der Waals surface area contributed by atoms with Crippen LogP contribution >= 0.6 is 11.3 Å². The first-order valence-electron chi connectivity index (χ1n) is 13.6. The Bertz CT molecular complexity index is 2310. The van der Waals surface area contributed by atoms with Crippen LogP contribution in [0.3, 0.4) is 0 Å². The summed E-state index contributed by atoms with van der Waals surface area (Å²) in [5.74, 6) is 0. The standard InChI is InChI=1S/C37H25NS/c1-37(2)30-12-6-3-11-28(30)35-25-16-17-26-23-9-4-7-13-32(23)38(36(26)27(25)18-19-31(35)37)22-15-20-34-29(21-22)24-10-5-8-14-33(24)39-34/h3-21H,1-2H3. The number of para-hydroxylation sites is 1. The van der Waals surface area contributed by atoms with E-state index in [0.29, 0.717) is 0 Å². The van der Waals surface area contributed by atoms with Gasteiger partial charge in [-0.3, -0.25) is 0 Å². The summed E-state index contributed by atoms with van der Waals surface area (Å²) in [4.78, 5) is 0. The van der Waals surface area contributed by atoms with E-state index >= 15 is 0 Å². The van der Waals surface area contributed by atoms with Gasteiger partial charge in [0.15, 0.2) is 0 Å². The first-order chi connectivity index (χ1) is 19.1. The fourth-order valence-electron chi connectivity index (χ4n) is 7.19. The number of thiophene rings is 1. The van der Waals surface area contributed by atoms with E-state index in [0.717, 1.165) is 0 Å². The highest BCUT2D eigenvalue weighted by Gasteiger charge is 2.36. The normalized spacial score (nSPS) is 14.1. The minimum Gasteiger partial charge on any atom is -0.309 e. The molecule has 1 aliphatic rings. The lowest BCUT2D eigenvalue weighted by Gasteiger charge is -2.21. The molecule has 0 aliphatic heterocycles. The number of rotatable bonds is 1. The van der Waals surface area contributed by atoms with Gasteiger partial charge in [0.1, 0.15) is 0 Å². The van der Waals surface area contributed by atoms with Gasteiger partial charge in [-0.25, -0.2) is 0 Å². The molecule has 0 saturated carbocycles. The van der Waals surface area contributed by atoms with Crippen molar-refractivity contribution >= 4 is 64.1 Å². The molecule has 1 nitrogen and oxygen atoms in total. The zero-order valence-corrected chi connectivity index (χ0v) is 22.6. The molecule has 9 rings (SSSR count). The average molecular weight is 516 g/mol. The van der Waals surface area contributed by atoms with Crippen molar-refractivity contribution < 1.29 is 0 Å². The summed E-state index contributed by atoms with van der Waals surface area (Å²) in [6.07, 6.45) is 0. The number of nitrogens with zero attached hydrogens (tertiary/aromatic N) is 1. The Balaban J connectivity index is 1.44. The Morgan fingerprint density at radius 1 is 0.538 bits per heavy atom. The van der Waals surface area contributed by atoms with Gasteiger partial charge in [0.2, 0.25) is 0 Å². The zero-order valence-electron chi connectivity index (χ0n) is 21.8. The van der Waals surface area contributed by atoms with Crippen molar-refractivity contribution in [3.05, 3.63) is 126 Å². The van der Waals surface area contributed by atoms with Gasteiger partial charge in [-0.05, 0) is 58.0 Å². The van der Waals surface area contributed by atoms with Crippen LogP contribution < -0.4 is 0 Å². The molecule has 1 aliphatic carbocycles. The lowest BCUT2D eigenvalue weighted by Crippen LogP contribution is -2.14. The average Bonchev–Trinajstić information content (AvgIpc) is 3.59. The Morgan fingerprint density at radius 2 is 1.23 bits per heavy atom. The second-order valence-corrected chi connectivity index (χ2v) is 12.4. The molecule has 0 atom stereocenters. The summed E-state index contributed by atoms with van der Waals surface area (Å²) in [7, 11) is 0. The smallest absolute Gasteiger partial charge is 0.0619 e. The van der Waals surface area contributed by atoms with E-state index in [2.05, 4.69) is 134 Å². The van der Waals surface area contributed by atoms with Gasteiger partial charge >= 0.3 is 0 Å². The minimum atomic E-state index is -0.00712. The Kier molecular flexibility index (Phi) is 4.07. The molecule has 8 aromatic rings. The minimum absolute atomic E-state index is 0.00712. The van der Waals surface area contributed by atoms with E-state index in [-0.39, 0.29) is 5.41 Å². The maximum Gasteiger partial charge on any atom is 0.0619 e. The predicted octanol–water partition coefficient (Wildman–Crippen LogP) is 10.6. The highest BCUT2D eigenvalue weighted by atomic mass is 32.1. The van der Waals surface area contributed by atoms with Crippen molar-refractivity contribution in [1.82, 2.24) is 4.57 Å². The largest absolute Gasteiger partial charge is 0.309 e. The van der Waals surface area contributed by atoms with Crippen molar-refractivity contribution in [2.75, 3.05) is 0 Å². The van der Waals surface area contributed by atoms with Crippen LogP contribution in [-0.4, -0.2) is 4.57 Å². The van der Waals surface area contributed by atoms with Gasteiger partial charge in [0.25, 0.3) is 0 Å². The van der Waals surface area contributed by atoms with Crippen LogP contribution in [0.2, 0.25) is 0 Å². The van der Waals surface area contributed by atoms with Gasteiger partial charge in [-0.15, -0.1) is 11.3 Å². The van der Waals surface area contributed by atoms with E-state index in [1.54, 1.807) is 0 Å². The first kappa shape index (κ1) is 21.5. The fourth-order valence-corrected chi connectivity index (χ4v) is 8.27. The summed E-state index contributed by atoms with van der Waals surface area (Å²) in [6, 6.07) is 43.0. The molecule has 0 amide bonds. The van der Waals surface area contributed by atoms with Gasteiger partial charge in [0.05, 0.1) is 11.0 Å². The second kappa shape index (κ2) is 7.37. The van der Waals surface area contributed by atoms with Crippen molar-refractivity contribution in [1.29, 1.82) is 0 Å². The fraction of sp³-hybridized carbons (Fsp3) is 0.0811. The molecule has 0 unspecified atom stereocenters. The molecule has 6 aromatic carbocycles. The van der Waals surface area contributed by atoms with Crippen LogP contribution in [0.15, 0.2) is 115 Å².